The monoisotopic (exact) mass is 695 g/mol. The highest BCUT2D eigenvalue weighted by Gasteiger charge is 2.80. The maximum Gasteiger partial charge on any atom is 0.253 e. The van der Waals surface area contributed by atoms with Gasteiger partial charge in [-0.25, -0.2) is 0 Å². The van der Waals surface area contributed by atoms with E-state index in [9.17, 15) is 9.90 Å². The summed E-state index contributed by atoms with van der Waals surface area (Å²) >= 11 is 6.76. The molecule has 3 fully saturated rings. The summed E-state index contributed by atoms with van der Waals surface area (Å²) in [6.45, 7) is 14.0. The minimum atomic E-state index is -1.33. The second kappa shape index (κ2) is 14.2. The first kappa shape index (κ1) is 35.6. The number of likely N-dealkylation sites (tertiary alicyclic amines) is 1. The van der Waals surface area contributed by atoms with Gasteiger partial charge < -0.3 is 24.5 Å². The van der Waals surface area contributed by atoms with Crippen LogP contribution in [0.3, 0.4) is 0 Å². The van der Waals surface area contributed by atoms with E-state index in [4.69, 9.17) is 16.3 Å². The molecule has 3 aromatic carbocycles. The third-order valence-electron chi connectivity index (χ3n) is 11.1. The maximum atomic E-state index is 15.3. The Bertz CT molecular complexity index is 1750. The molecule has 2 bridgehead atoms. The molecule has 3 unspecified atom stereocenters. The van der Waals surface area contributed by atoms with Gasteiger partial charge in [0.1, 0.15) is 11.6 Å². The molecule has 0 saturated carbocycles. The number of rotatable bonds is 13. The number of amides is 3. The third kappa shape index (κ3) is 5.87. The summed E-state index contributed by atoms with van der Waals surface area (Å²) in [5.41, 5.74) is 0.818. The van der Waals surface area contributed by atoms with Crippen LogP contribution < -0.4 is 4.90 Å². The van der Waals surface area contributed by atoms with Crippen LogP contribution in [0, 0.1) is 24.7 Å². The highest BCUT2D eigenvalue weighted by Crippen LogP contribution is 2.66. The van der Waals surface area contributed by atoms with Crippen LogP contribution in [0.5, 0.6) is 0 Å². The van der Waals surface area contributed by atoms with Crippen molar-refractivity contribution in [3.8, 4) is 0 Å². The number of halogens is 1. The standard InChI is InChI=1S/C41H46ClN3O5/c1-6-21-43(25-30-18-12-9-13-19-30)37(47)33-34-38(48)45(31(26-46)23-29-16-10-8-11-17-29)36(41(34)24-28(4)40(33,5)50-41)39(49)44(22-7-2)35-27(3)15-14-20-32(35)42/h6-20,28,31,33-34,36,46H,1-2,21-26H2,3-5H3/t28?,31-,33+,34+,36?,40-,41?/m1/s1. The van der Waals surface area contributed by atoms with Gasteiger partial charge in [0, 0.05) is 19.6 Å². The van der Waals surface area contributed by atoms with Crippen molar-refractivity contribution in [1.29, 1.82) is 0 Å². The number of nitrogens with zero attached hydrogens (tertiary/aromatic N) is 3. The average molecular weight is 696 g/mol. The molecule has 262 valence electrons. The molecule has 3 amide bonds. The summed E-state index contributed by atoms with van der Waals surface area (Å²) in [5, 5.41) is 11.3. The fraction of sp³-hybridized carbons (Fsp3) is 0.390. The Hall–Kier alpha value is -4.24. The van der Waals surface area contributed by atoms with E-state index < -0.39 is 35.1 Å². The summed E-state index contributed by atoms with van der Waals surface area (Å²) in [7, 11) is 0. The number of aryl methyl sites for hydroxylation is 1. The van der Waals surface area contributed by atoms with E-state index in [1.54, 1.807) is 28.0 Å². The van der Waals surface area contributed by atoms with Gasteiger partial charge in [0.05, 0.1) is 40.8 Å². The van der Waals surface area contributed by atoms with Gasteiger partial charge in [-0.2, -0.15) is 0 Å². The molecule has 3 aromatic rings. The quantitative estimate of drug-likeness (QED) is 0.222. The fourth-order valence-corrected chi connectivity index (χ4v) is 9.11. The van der Waals surface area contributed by atoms with Crippen molar-refractivity contribution < 1.29 is 24.2 Å². The molecule has 7 atom stereocenters. The molecule has 0 aromatic heterocycles. The van der Waals surface area contributed by atoms with Crippen LogP contribution in [0.15, 0.2) is 104 Å². The molecule has 1 spiro atoms. The molecule has 3 saturated heterocycles. The summed E-state index contributed by atoms with van der Waals surface area (Å²) in [5.74, 6) is -2.94. The van der Waals surface area contributed by atoms with E-state index in [1.807, 2.05) is 93.6 Å². The predicted octanol–water partition coefficient (Wildman–Crippen LogP) is 6.00. The molecule has 50 heavy (non-hydrogen) atoms. The Kier molecular flexibility index (Phi) is 10.1. The molecule has 3 aliphatic heterocycles. The third-order valence-corrected chi connectivity index (χ3v) is 11.4. The molecular weight excluding hydrogens is 650 g/mol. The summed E-state index contributed by atoms with van der Waals surface area (Å²) in [6.07, 6.45) is 4.02. The zero-order valence-electron chi connectivity index (χ0n) is 29.0. The number of para-hydroxylation sites is 1. The molecule has 3 heterocycles. The van der Waals surface area contributed by atoms with Gasteiger partial charge in [-0.1, -0.05) is 103 Å². The molecular formula is C41H46ClN3O5. The van der Waals surface area contributed by atoms with Gasteiger partial charge >= 0.3 is 0 Å². The van der Waals surface area contributed by atoms with Gasteiger partial charge in [-0.15, -0.1) is 13.2 Å². The number of hydrogen-bond acceptors (Lipinski definition) is 5. The molecule has 8 nitrogen and oxygen atoms in total. The molecule has 3 aliphatic rings. The highest BCUT2D eigenvalue weighted by molar-refractivity contribution is 6.34. The number of fused-ring (bicyclic) bond motifs is 1. The van der Waals surface area contributed by atoms with Crippen molar-refractivity contribution in [2.45, 2.75) is 63.4 Å². The molecule has 6 rings (SSSR count). The first-order valence-electron chi connectivity index (χ1n) is 17.3. The van der Waals surface area contributed by atoms with Crippen molar-refractivity contribution in [2.75, 3.05) is 24.6 Å². The zero-order chi connectivity index (χ0) is 35.8. The Balaban J connectivity index is 1.49. The molecule has 1 N–H and O–H groups in total. The van der Waals surface area contributed by atoms with Crippen LogP contribution in [-0.2, 0) is 32.1 Å². The Morgan fingerprint density at radius 3 is 2.24 bits per heavy atom. The van der Waals surface area contributed by atoms with Crippen molar-refractivity contribution in [3.63, 3.8) is 0 Å². The van der Waals surface area contributed by atoms with E-state index >= 15 is 9.59 Å². The fourth-order valence-electron chi connectivity index (χ4n) is 8.78. The first-order valence-corrected chi connectivity index (χ1v) is 17.7. The Morgan fingerprint density at radius 2 is 1.64 bits per heavy atom. The van der Waals surface area contributed by atoms with Crippen LogP contribution in [0.1, 0.15) is 37.0 Å². The van der Waals surface area contributed by atoms with Gasteiger partial charge in [0.15, 0.2) is 0 Å². The predicted molar refractivity (Wildman–Crippen MR) is 195 cm³/mol. The zero-order valence-corrected chi connectivity index (χ0v) is 29.8. The lowest BCUT2D eigenvalue weighted by Crippen LogP contribution is -2.59. The molecule has 9 heteroatoms. The number of carbonyl (C=O) groups excluding carboxylic acids is 3. The van der Waals surface area contributed by atoms with Crippen LogP contribution in [0.4, 0.5) is 5.69 Å². The lowest BCUT2D eigenvalue weighted by Gasteiger charge is -2.40. The minimum Gasteiger partial charge on any atom is -0.394 e. The molecule has 0 aliphatic carbocycles. The number of aliphatic hydroxyl groups excluding tert-OH is 1. The average Bonchev–Trinajstić information content (AvgIpc) is 3.63. The molecule has 0 radical (unpaired) electrons. The van der Waals surface area contributed by atoms with Crippen LogP contribution in [0.25, 0.3) is 0 Å². The first-order chi connectivity index (χ1) is 24.0. The smallest absolute Gasteiger partial charge is 0.253 e. The topological polar surface area (TPSA) is 90.4 Å². The van der Waals surface area contributed by atoms with E-state index in [1.165, 1.54) is 4.90 Å². The number of carbonyl (C=O) groups is 3. The lowest BCUT2D eigenvalue weighted by atomic mass is 9.62. The number of anilines is 1. The van der Waals surface area contributed by atoms with Crippen LogP contribution in [-0.4, -0.2) is 75.6 Å². The SMILES string of the molecule is C=CCN(Cc1ccccc1)C(=O)[C@@H]1[C@H]2C(=O)N([C@@H](CO)Cc3ccccc3)C(C(=O)N(CC=C)c3c(C)cccc3Cl)C23CC(C)[C@@]1(C)O3. The van der Waals surface area contributed by atoms with Gasteiger partial charge in [0.2, 0.25) is 11.8 Å². The van der Waals surface area contributed by atoms with E-state index in [-0.39, 0.29) is 43.3 Å². The second-order valence-electron chi connectivity index (χ2n) is 14.1. The van der Waals surface area contributed by atoms with Crippen LogP contribution in [0.2, 0.25) is 5.02 Å². The second-order valence-corrected chi connectivity index (χ2v) is 14.5. The van der Waals surface area contributed by atoms with Crippen molar-refractivity contribution in [2.24, 2.45) is 17.8 Å². The Morgan fingerprint density at radius 1 is 1.00 bits per heavy atom. The summed E-state index contributed by atoms with van der Waals surface area (Å²) in [4.78, 5) is 50.2. The number of hydrogen-bond donors (Lipinski definition) is 1. The van der Waals surface area contributed by atoms with Crippen molar-refractivity contribution in [1.82, 2.24) is 9.80 Å². The van der Waals surface area contributed by atoms with Crippen LogP contribution >= 0.6 is 11.6 Å². The van der Waals surface area contributed by atoms with Crippen molar-refractivity contribution in [3.05, 3.63) is 126 Å². The van der Waals surface area contributed by atoms with E-state index in [2.05, 4.69) is 13.2 Å². The largest absolute Gasteiger partial charge is 0.394 e. The normalized spacial score (nSPS) is 27.1. The number of benzene rings is 3. The lowest BCUT2D eigenvalue weighted by molar-refractivity contribution is -0.154. The van der Waals surface area contributed by atoms with Gasteiger partial charge in [0.25, 0.3) is 5.91 Å². The summed E-state index contributed by atoms with van der Waals surface area (Å²) in [6, 6.07) is 22.8. The van der Waals surface area contributed by atoms with Gasteiger partial charge in [-0.3, -0.25) is 14.4 Å². The maximum absolute atomic E-state index is 15.3. The number of ether oxygens (including phenoxy) is 1. The highest BCUT2D eigenvalue weighted by atomic mass is 35.5. The van der Waals surface area contributed by atoms with Gasteiger partial charge in [-0.05, 0) is 55.4 Å². The van der Waals surface area contributed by atoms with E-state index in [0.717, 1.165) is 16.7 Å². The van der Waals surface area contributed by atoms with E-state index in [0.29, 0.717) is 30.1 Å². The van der Waals surface area contributed by atoms with Crippen molar-refractivity contribution >= 4 is 35.0 Å². The minimum absolute atomic E-state index is 0.129. The Labute approximate surface area is 300 Å². The summed E-state index contributed by atoms with van der Waals surface area (Å²) < 4.78 is 7.08. The number of aliphatic hydroxyl groups is 1.